The lowest BCUT2D eigenvalue weighted by Gasteiger charge is -2.32. The highest BCUT2D eigenvalue weighted by Crippen LogP contribution is 2.34. The number of rotatable bonds is 4. The van der Waals surface area contributed by atoms with Crippen LogP contribution in [0, 0.1) is 49.2 Å². The van der Waals surface area contributed by atoms with E-state index in [1.807, 2.05) is 70.8 Å². The highest BCUT2D eigenvalue weighted by Gasteiger charge is 2.28. The molecule has 0 fully saturated rings. The molecule has 2 aliphatic rings. The number of halogens is 2. The van der Waals surface area contributed by atoms with Gasteiger partial charge in [-0.2, -0.15) is 0 Å². The molecule has 2 aliphatic heterocycles. The number of carbonyl (C=O) groups excluding carboxylic acids is 1. The molecule has 0 N–H and O–H groups in total. The van der Waals surface area contributed by atoms with E-state index in [0.717, 1.165) is 34.0 Å². The molecule has 0 atom stereocenters. The van der Waals surface area contributed by atoms with Crippen LogP contribution in [0.4, 0.5) is 20.2 Å². The van der Waals surface area contributed by atoms with Crippen LogP contribution in [0.15, 0.2) is 83.6 Å². The van der Waals surface area contributed by atoms with Crippen molar-refractivity contribution in [2.75, 3.05) is 22.9 Å². The van der Waals surface area contributed by atoms with Crippen molar-refractivity contribution in [3.05, 3.63) is 161 Å². The number of benzene rings is 4. The van der Waals surface area contributed by atoms with Gasteiger partial charge in [-0.15, -0.1) is 22.7 Å². The smallest absolute Gasteiger partial charge is 0.199 e. The number of aryl methyl sites for hydroxylation is 2. The SMILES string of the molecule is Cc1nc(C#Cc2cc(C(=O)c3cc(C#Cc4csc(C)n4)cc(N4CCc5ccccc5C4)c3F)c(F)c(N3CCc4ccccc4C3)c2)cs1. The van der Waals surface area contributed by atoms with Gasteiger partial charge in [0, 0.05) is 48.1 Å². The van der Waals surface area contributed by atoms with Crippen LogP contribution in [0.25, 0.3) is 0 Å². The van der Waals surface area contributed by atoms with Crippen LogP contribution < -0.4 is 9.80 Å². The van der Waals surface area contributed by atoms with Crippen molar-refractivity contribution in [2.24, 2.45) is 0 Å². The summed E-state index contributed by atoms with van der Waals surface area (Å²) in [5.74, 6) is 10.1. The van der Waals surface area contributed by atoms with Gasteiger partial charge in [-0.25, -0.2) is 18.7 Å². The van der Waals surface area contributed by atoms with Crippen molar-refractivity contribution >= 4 is 39.8 Å². The lowest BCUT2D eigenvalue weighted by molar-refractivity contribution is 0.103. The van der Waals surface area contributed by atoms with Crippen molar-refractivity contribution in [3.63, 3.8) is 0 Å². The molecule has 4 aromatic carbocycles. The van der Waals surface area contributed by atoms with Crippen LogP contribution in [0.1, 0.15) is 70.7 Å². The Bertz CT molecular complexity index is 2320. The van der Waals surface area contributed by atoms with Crippen molar-refractivity contribution in [3.8, 4) is 23.7 Å². The third-order valence-electron chi connectivity index (χ3n) is 9.45. The third-order valence-corrected chi connectivity index (χ3v) is 11.0. The number of thiazole rings is 2. The van der Waals surface area contributed by atoms with Gasteiger partial charge in [0.2, 0.25) is 0 Å². The van der Waals surface area contributed by atoms with Crippen LogP contribution in [0.3, 0.4) is 0 Å². The molecule has 5 nitrogen and oxygen atoms in total. The third kappa shape index (κ3) is 6.86. The first-order valence-electron chi connectivity index (χ1n) is 17.0. The van der Waals surface area contributed by atoms with Gasteiger partial charge in [0.15, 0.2) is 17.4 Å². The van der Waals surface area contributed by atoms with Gasteiger partial charge >= 0.3 is 0 Å². The summed E-state index contributed by atoms with van der Waals surface area (Å²) in [6, 6.07) is 22.4. The Morgan fingerprint density at radius 3 is 1.46 bits per heavy atom. The molecule has 256 valence electrons. The van der Waals surface area contributed by atoms with Crippen molar-refractivity contribution < 1.29 is 13.6 Å². The quantitative estimate of drug-likeness (QED) is 0.135. The summed E-state index contributed by atoms with van der Waals surface area (Å²) in [5, 5.41) is 5.47. The number of ketones is 1. The van der Waals surface area contributed by atoms with Gasteiger partial charge in [0.25, 0.3) is 0 Å². The second-order valence-corrected chi connectivity index (χ2v) is 15.1. The van der Waals surface area contributed by atoms with Crippen LogP contribution >= 0.6 is 22.7 Å². The van der Waals surface area contributed by atoms with E-state index in [1.165, 1.54) is 45.9 Å². The molecule has 6 aromatic rings. The number of fused-ring (bicyclic) bond motifs is 2. The van der Waals surface area contributed by atoms with Crippen molar-refractivity contribution in [2.45, 2.75) is 39.8 Å². The molecule has 0 saturated carbocycles. The predicted octanol–water partition coefficient (Wildman–Crippen LogP) is 8.65. The fourth-order valence-electron chi connectivity index (χ4n) is 6.82. The lowest BCUT2D eigenvalue weighted by Crippen LogP contribution is -2.32. The van der Waals surface area contributed by atoms with E-state index in [0.29, 0.717) is 48.7 Å². The molecular weight excluding hydrogens is 691 g/mol. The summed E-state index contributed by atoms with van der Waals surface area (Å²) in [4.78, 5) is 27.3. The van der Waals surface area contributed by atoms with E-state index in [2.05, 4.69) is 45.8 Å². The number of aromatic nitrogens is 2. The van der Waals surface area contributed by atoms with Crippen molar-refractivity contribution in [1.82, 2.24) is 9.97 Å². The first-order valence-corrected chi connectivity index (χ1v) is 18.8. The van der Waals surface area contributed by atoms with Crippen LogP contribution in [-0.4, -0.2) is 28.8 Å². The fraction of sp³-hybridized carbons (Fsp3) is 0.186. The molecule has 0 aliphatic carbocycles. The maximum Gasteiger partial charge on any atom is 0.199 e. The largest absolute Gasteiger partial charge is 0.364 e. The molecule has 52 heavy (non-hydrogen) atoms. The van der Waals surface area contributed by atoms with Crippen LogP contribution in [-0.2, 0) is 25.9 Å². The Hall–Kier alpha value is -5.61. The van der Waals surface area contributed by atoms with Gasteiger partial charge in [-0.05, 0) is 85.0 Å². The normalized spacial score (nSPS) is 13.4. The Morgan fingerprint density at radius 2 is 1.06 bits per heavy atom. The Labute approximate surface area is 309 Å². The average molecular weight is 723 g/mol. The standard InChI is InChI=1S/C43H32F2N4OS2/c1-27-46-35(25-51-27)13-11-29-19-37(41(44)39(21-29)48-17-15-31-7-3-5-9-33(31)23-48)43(50)38-20-30(12-14-36-26-52-28(2)47-36)22-40(42(38)45)49-18-16-32-8-4-6-10-34(32)24-49/h3-10,19-22,25-26H,15-18,23-24H2,1-2H3. The zero-order chi connectivity index (χ0) is 35.8. The van der Waals surface area contributed by atoms with E-state index >= 15 is 8.78 Å². The number of hydrogen-bond donors (Lipinski definition) is 0. The second-order valence-electron chi connectivity index (χ2n) is 12.9. The van der Waals surface area contributed by atoms with E-state index in [4.69, 9.17) is 0 Å². The molecule has 0 spiro atoms. The first kappa shape index (κ1) is 33.5. The zero-order valence-electron chi connectivity index (χ0n) is 28.6. The minimum absolute atomic E-state index is 0.246. The monoisotopic (exact) mass is 722 g/mol. The van der Waals surface area contributed by atoms with E-state index in [1.54, 1.807) is 12.1 Å². The Morgan fingerprint density at radius 1 is 0.635 bits per heavy atom. The number of nitrogens with zero attached hydrogens (tertiary/aromatic N) is 4. The maximum atomic E-state index is 16.9. The molecule has 0 saturated heterocycles. The minimum Gasteiger partial charge on any atom is -0.364 e. The highest BCUT2D eigenvalue weighted by atomic mass is 32.1. The van der Waals surface area contributed by atoms with Gasteiger partial charge in [-0.1, -0.05) is 60.4 Å². The molecule has 0 amide bonds. The van der Waals surface area contributed by atoms with Gasteiger partial charge in [-0.3, -0.25) is 4.79 Å². The maximum absolute atomic E-state index is 16.9. The molecule has 2 aromatic heterocycles. The lowest BCUT2D eigenvalue weighted by atomic mass is 9.94. The van der Waals surface area contributed by atoms with Crippen molar-refractivity contribution in [1.29, 1.82) is 0 Å². The first-order chi connectivity index (χ1) is 25.3. The summed E-state index contributed by atoms with van der Waals surface area (Å²) in [7, 11) is 0. The summed E-state index contributed by atoms with van der Waals surface area (Å²) in [6.07, 6.45) is 1.45. The molecule has 0 bridgehead atoms. The van der Waals surface area contributed by atoms with E-state index in [-0.39, 0.29) is 22.5 Å². The predicted molar refractivity (Wildman–Crippen MR) is 204 cm³/mol. The molecule has 4 heterocycles. The molecule has 0 unspecified atom stereocenters. The molecule has 9 heteroatoms. The van der Waals surface area contributed by atoms with Gasteiger partial charge < -0.3 is 9.80 Å². The fourth-order valence-corrected chi connectivity index (χ4v) is 7.90. The number of anilines is 2. The minimum atomic E-state index is -0.770. The van der Waals surface area contributed by atoms with Gasteiger partial charge in [0.05, 0.1) is 32.5 Å². The molecular formula is C43H32F2N4OS2. The summed E-state index contributed by atoms with van der Waals surface area (Å²) in [6.45, 7) is 5.86. The van der Waals surface area contributed by atoms with Crippen LogP contribution in [0.5, 0.6) is 0 Å². The highest BCUT2D eigenvalue weighted by molar-refractivity contribution is 7.09. The molecule has 0 radical (unpaired) electrons. The average Bonchev–Trinajstić information content (AvgIpc) is 3.79. The zero-order valence-corrected chi connectivity index (χ0v) is 30.2. The Kier molecular flexibility index (Phi) is 9.15. The van der Waals surface area contributed by atoms with E-state index < -0.39 is 17.4 Å². The summed E-state index contributed by atoms with van der Waals surface area (Å²) >= 11 is 2.97. The number of carbonyl (C=O) groups is 1. The summed E-state index contributed by atoms with van der Waals surface area (Å²) in [5.41, 5.74) is 6.68. The Balaban J connectivity index is 1.24. The summed E-state index contributed by atoms with van der Waals surface area (Å²) < 4.78 is 33.7. The van der Waals surface area contributed by atoms with Gasteiger partial charge in [0.1, 0.15) is 11.4 Å². The van der Waals surface area contributed by atoms with Crippen LogP contribution in [0.2, 0.25) is 0 Å². The molecule has 8 rings (SSSR count). The topological polar surface area (TPSA) is 49.3 Å². The van der Waals surface area contributed by atoms with E-state index in [9.17, 15) is 4.79 Å². The number of hydrogen-bond acceptors (Lipinski definition) is 7. The second kappa shape index (κ2) is 14.2.